The second-order valence-electron chi connectivity index (χ2n) is 4.86. The van der Waals surface area contributed by atoms with Crippen LogP contribution in [0.3, 0.4) is 0 Å². The molecular weight excluding hydrogens is 230 g/mol. The smallest absolute Gasteiger partial charge is 0.329 e. The van der Waals surface area contributed by atoms with Crippen LogP contribution >= 0.6 is 0 Å². The van der Waals surface area contributed by atoms with Gasteiger partial charge in [-0.05, 0) is 38.3 Å². The highest BCUT2D eigenvalue weighted by atomic mass is 16.4. The van der Waals surface area contributed by atoms with Crippen molar-refractivity contribution >= 4 is 11.9 Å². The molecular formula is C14H17NO3. The number of hydrogen-bond donors (Lipinski definition) is 1. The van der Waals surface area contributed by atoms with Gasteiger partial charge in [0.05, 0.1) is 0 Å². The van der Waals surface area contributed by atoms with E-state index in [1.54, 1.807) is 31.2 Å². The molecule has 1 N–H and O–H groups in total. The lowest BCUT2D eigenvalue weighted by atomic mass is 9.88. The Labute approximate surface area is 106 Å². The van der Waals surface area contributed by atoms with Gasteiger partial charge in [-0.3, -0.25) is 4.79 Å². The summed E-state index contributed by atoms with van der Waals surface area (Å²) in [6, 6.07) is 8.85. The number of benzene rings is 1. The summed E-state index contributed by atoms with van der Waals surface area (Å²) in [5, 5.41) is 9.37. The van der Waals surface area contributed by atoms with Gasteiger partial charge in [-0.2, -0.15) is 0 Å². The van der Waals surface area contributed by atoms with Crippen LogP contribution in [0.25, 0.3) is 0 Å². The molecule has 0 radical (unpaired) electrons. The highest BCUT2D eigenvalue weighted by molar-refractivity contribution is 5.97. The van der Waals surface area contributed by atoms with Gasteiger partial charge in [-0.1, -0.05) is 18.2 Å². The molecule has 1 aromatic rings. The number of nitrogens with zero attached hydrogens (tertiary/aromatic N) is 1. The largest absolute Gasteiger partial charge is 0.480 e. The molecule has 0 bridgehead atoms. The van der Waals surface area contributed by atoms with Crippen molar-refractivity contribution in [2.24, 2.45) is 0 Å². The summed E-state index contributed by atoms with van der Waals surface area (Å²) in [6.45, 7) is 2.14. The quantitative estimate of drug-likeness (QED) is 0.871. The third kappa shape index (κ3) is 2.10. The van der Waals surface area contributed by atoms with Crippen LogP contribution in [0.15, 0.2) is 30.3 Å². The maximum Gasteiger partial charge on any atom is 0.329 e. The molecule has 0 aromatic heterocycles. The molecule has 4 heteroatoms. The lowest BCUT2D eigenvalue weighted by Crippen LogP contribution is -2.57. The molecule has 4 nitrogen and oxygen atoms in total. The fraction of sp³-hybridized carbons (Fsp3) is 0.429. The molecule has 1 fully saturated rings. The van der Waals surface area contributed by atoms with Crippen LogP contribution in [-0.4, -0.2) is 34.0 Å². The molecule has 0 aliphatic carbocycles. The van der Waals surface area contributed by atoms with Crippen molar-refractivity contribution in [2.45, 2.75) is 31.7 Å². The summed E-state index contributed by atoms with van der Waals surface area (Å²) in [5.74, 6) is -1.12. The number of aliphatic carboxylic acids is 1. The number of hydrogen-bond acceptors (Lipinski definition) is 2. The van der Waals surface area contributed by atoms with Gasteiger partial charge < -0.3 is 10.0 Å². The van der Waals surface area contributed by atoms with Gasteiger partial charge in [0.2, 0.25) is 0 Å². The van der Waals surface area contributed by atoms with Crippen molar-refractivity contribution in [3.8, 4) is 0 Å². The van der Waals surface area contributed by atoms with E-state index in [2.05, 4.69) is 0 Å². The molecule has 0 saturated carbocycles. The van der Waals surface area contributed by atoms with Crippen molar-refractivity contribution in [2.75, 3.05) is 6.54 Å². The normalized spacial score (nSPS) is 23.7. The van der Waals surface area contributed by atoms with E-state index in [0.29, 0.717) is 18.5 Å². The van der Waals surface area contributed by atoms with Crippen molar-refractivity contribution in [3.05, 3.63) is 35.9 Å². The van der Waals surface area contributed by atoms with Gasteiger partial charge in [0.25, 0.3) is 5.91 Å². The molecule has 0 spiro atoms. The van der Waals surface area contributed by atoms with Crippen molar-refractivity contribution in [1.82, 2.24) is 4.90 Å². The molecule has 1 atom stereocenters. The molecule has 1 aromatic carbocycles. The van der Waals surface area contributed by atoms with E-state index in [4.69, 9.17) is 0 Å². The highest BCUT2D eigenvalue weighted by Crippen LogP contribution is 2.29. The first-order chi connectivity index (χ1) is 8.55. The summed E-state index contributed by atoms with van der Waals surface area (Å²) >= 11 is 0. The Morgan fingerprint density at radius 3 is 2.50 bits per heavy atom. The SMILES string of the molecule is CC1(C(=O)O)CCCCN1C(=O)c1ccccc1. The maximum absolute atomic E-state index is 12.4. The Hall–Kier alpha value is -1.84. The van der Waals surface area contributed by atoms with Gasteiger partial charge in [-0.15, -0.1) is 0 Å². The van der Waals surface area contributed by atoms with E-state index in [1.807, 2.05) is 6.07 Å². The van der Waals surface area contributed by atoms with Crippen LogP contribution in [-0.2, 0) is 4.79 Å². The average Bonchev–Trinajstić information content (AvgIpc) is 2.39. The van der Waals surface area contributed by atoms with Gasteiger partial charge >= 0.3 is 5.97 Å². The van der Waals surface area contributed by atoms with Crippen LogP contribution in [0.1, 0.15) is 36.5 Å². The minimum absolute atomic E-state index is 0.194. The lowest BCUT2D eigenvalue weighted by Gasteiger charge is -2.41. The minimum Gasteiger partial charge on any atom is -0.480 e. The second-order valence-corrected chi connectivity index (χ2v) is 4.86. The van der Waals surface area contributed by atoms with Gasteiger partial charge in [0.1, 0.15) is 5.54 Å². The third-order valence-corrected chi connectivity index (χ3v) is 3.62. The first kappa shape index (κ1) is 12.6. The lowest BCUT2D eigenvalue weighted by molar-refractivity contribution is -0.150. The number of carboxylic acid groups (broad SMARTS) is 1. The van der Waals surface area contributed by atoms with Gasteiger partial charge in [0, 0.05) is 12.1 Å². The van der Waals surface area contributed by atoms with E-state index in [0.717, 1.165) is 12.8 Å². The van der Waals surface area contributed by atoms with Gasteiger partial charge in [0.15, 0.2) is 0 Å². The third-order valence-electron chi connectivity index (χ3n) is 3.62. The number of carboxylic acids is 1. The molecule has 1 saturated heterocycles. The number of rotatable bonds is 2. The monoisotopic (exact) mass is 247 g/mol. The Kier molecular flexibility index (Phi) is 3.36. The molecule has 1 heterocycles. The molecule has 1 amide bonds. The second kappa shape index (κ2) is 4.80. The summed E-state index contributed by atoms with van der Waals surface area (Å²) in [4.78, 5) is 25.3. The molecule has 1 unspecified atom stereocenters. The molecule has 1 aliphatic heterocycles. The highest BCUT2D eigenvalue weighted by Gasteiger charge is 2.43. The Morgan fingerprint density at radius 1 is 1.22 bits per heavy atom. The van der Waals surface area contributed by atoms with E-state index < -0.39 is 11.5 Å². The van der Waals surface area contributed by atoms with Crippen LogP contribution in [0.5, 0.6) is 0 Å². The van der Waals surface area contributed by atoms with E-state index in [9.17, 15) is 14.7 Å². The fourth-order valence-electron chi connectivity index (χ4n) is 2.41. The standard InChI is InChI=1S/C14H17NO3/c1-14(13(17)18)9-5-6-10-15(14)12(16)11-7-3-2-4-8-11/h2-4,7-8H,5-6,9-10H2,1H3,(H,17,18). The maximum atomic E-state index is 12.4. The van der Waals surface area contributed by atoms with E-state index in [-0.39, 0.29) is 5.91 Å². The van der Waals surface area contributed by atoms with Crippen LogP contribution < -0.4 is 0 Å². The molecule has 96 valence electrons. The average molecular weight is 247 g/mol. The molecule has 2 rings (SSSR count). The number of amides is 1. The van der Waals surface area contributed by atoms with Crippen LogP contribution in [0, 0.1) is 0 Å². The Balaban J connectivity index is 2.30. The van der Waals surface area contributed by atoms with Crippen molar-refractivity contribution < 1.29 is 14.7 Å². The topological polar surface area (TPSA) is 57.6 Å². The van der Waals surface area contributed by atoms with Crippen molar-refractivity contribution in [1.29, 1.82) is 0 Å². The predicted molar refractivity (Wildman–Crippen MR) is 67.4 cm³/mol. The zero-order valence-electron chi connectivity index (χ0n) is 10.4. The zero-order valence-corrected chi connectivity index (χ0v) is 10.4. The molecule has 18 heavy (non-hydrogen) atoms. The number of carbonyl (C=O) groups excluding carboxylic acids is 1. The summed E-state index contributed by atoms with van der Waals surface area (Å²) in [5.41, 5.74) is -0.530. The van der Waals surface area contributed by atoms with E-state index in [1.165, 1.54) is 4.90 Å². The Bertz CT molecular complexity index is 457. The number of piperidine rings is 1. The van der Waals surface area contributed by atoms with E-state index >= 15 is 0 Å². The van der Waals surface area contributed by atoms with Crippen LogP contribution in [0.4, 0.5) is 0 Å². The fourth-order valence-corrected chi connectivity index (χ4v) is 2.41. The summed E-state index contributed by atoms with van der Waals surface area (Å²) in [7, 11) is 0. The first-order valence-electron chi connectivity index (χ1n) is 6.16. The Morgan fingerprint density at radius 2 is 1.89 bits per heavy atom. The number of carbonyl (C=O) groups is 2. The summed E-state index contributed by atoms with van der Waals surface area (Å²) < 4.78 is 0. The van der Waals surface area contributed by atoms with Crippen molar-refractivity contribution in [3.63, 3.8) is 0 Å². The number of likely N-dealkylation sites (tertiary alicyclic amines) is 1. The van der Waals surface area contributed by atoms with Gasteiger partial charge in [-0.25, -0.2) is 4.79 Å². The van der Waals surface area contributed by atoms with Crippen LogP contribution in [0.2, 0.25) is 0 Å². The summed E-state index contributed by atoms with van der Waals surface area (Å²) in [6.07, 6.45) is 2.23. The minimum atomic E-state index is -1.08. The first-order valence-corrected chi connectivity index (χ1v) is 6.16. The zero-order chi connectivity index (χ0) is 13.2. The predicted octanol–water partition coefficient (Wildman–Crippen LogP) is 2.16. The molecule has 1 aliphatic rings.